The Morgan fingerprint density at radius 2 is 1.90 bits per heavy atom. The zero-order valence-electron chi connectivity index (χ0n) is 11.1. The molecule has 0 saturated carbocycles. The van der Waals surface area contributed by atoms with E-state index in [4.69, 9.17) is 10.00 Å². The number of carbonyl (C=O) groups is 1. The molecule has 0 unspecified atom stereocenters. The van der Waals surface area contributed by atoms with Gasteiger partial charge in [-0.05, 0) is 36.4 Å². The third kappa shape index (κ3) is 3.15. The highest BCUT2D eigenvalue weighted by Crippen LogP contribution is 2.18. The first kappa shape index (κ1) is 13.6. The van der Waals surface area contributed by atoms with Crippen LogP contribution in [-0.4, -0.2) is 19.4 Å². The van der Waals surface area contributed by atoms with Gasteiger partial charge in [0.05, 0.1) is 30.9 Å². The molecule has 0 amide bonds. The molecule has 2 aromatic carbocycles. The molecule has 0 aliphatic carbocycles. The van der Waals surface area contributed by atoms with Crippen LogP contribution in [0.1, 0.15) is 15.9 Å². The van der Waals surface area contributed by atoms with Crippen molar-refractivity contribution in [1.29, 1.82) is 5.26 Å². The number of nitriles is 1. The average molecular weight is 266 g/mol. The number of hydrogen-bond donors (Lipinski definition) is 1. The Hall–Kier alpha value is -2.80. The third-order valence-electron chi connectivity index (χ3n) is 2.87. The summed E-state index contributed by atoms with van der Waals surface area (Å²) in [6.45, 7) is 0.173. The zero-order chi connectivity index (χ0) is 14.4. The van der Waals surface area contributed by atoms with E-state index in [-0.39, 0.29) is 12.3 Å². The van der Waals surface area contributed by atoms with Gasteiger partial charge < -0.3 is 10.1 Å². The molecule has 100 valence electrons. The Kier molecular flexibility index (Phi) is 4.35. The lowest BCUT2D eigenvalue weighted by molar-refractivity contribution is 0.100. The van der Waals surface area contributed by atoms with Gasteiger partial charge in [-0.2, -0.15) is 5.26 Å². The van der Waals surface area contributed by atoms with Gasteiger partial charge in [-0.25, -0.2) is 0 Å². The second-order valence-electron chi connectivity index (χ2n) is 4.17. The fourth-order valence-electron chi connectivity index (χ4n) is 1.82. The molecule has 0 aliphatic rings. The van der Waals surface area contributed by atoms with E-state index in [1.54, 1.807) is 49.6 Å². The van der Waals surface area contributed by atoms with Crippen LogP contribution in [0.4, 0.5) is 5.69 Å². The van der Waals surface area contributed by atoms with Gasteiger partial charge in [-0.3, -0.25) is 4.79 Å². The van der Waals surface area contributed by atoms with Crippen LogP contribution in [0.5, 0.6) is 5.75 Å². The molecule has 4 nitrogen and oxygen atoms in total. The maximum atomic E-state index is 12.1. The topological polar surface area (TPSA) is 62.1 Å². The van der Waals surface area contributed by atoms with Gasteiger partial charge in [0.2, 0.25) is 0 Å². The highest BCUT2D eigenvalue weighted by atomic mass is 16.5. The molecule has 0 saturated heterocycles. The van der Waals surface area contributed by atoms with Gasteiger partial charge in [-0.1, -0.05) is 12.1 Å². The highest BCUT2D eigenvalue weighted by Gasteiger charge is 2.10. The number of Topliss-reactive ketones (excluding diaryl/α,β-unsaturated/α-hetero) is 1. The van der Waals surface area contributed by atoms with Crippen molar-refractivity contribution in [2.75, 3.05) is 19.0 Å². The minimum Gasteiger partial charge on any atom is -0.496 e. The van der Waals surface area contributed by atoms with Gasteiger partial charge in [0.15, 0.2) is 5.78 Å². The summed E-state index contributed by atoms with van der Waals surface area (Å²) >= 11 is 0. The van der Waals surface area contributed by atoms with Gasteiger partial charge in [0.25, 0.3) is 0 Å². The van der Waals surface area contributed by atoms with Crippen LogP contribution in [0.25, 0.3) is 0 Å². The lowest BCUT2D eigenvalue weighted by Gasteiger charge is -2.09. The van der Waals surface area contributed by atoms with Crippen LogP contribution in [0.2, 0.25) is 0 Å². The molecule has 2 rings (SSSR count). The van der Waals surface area contributed by atoms with Crippen molar-refractivity contribution in [3.63, 3.8) is 0 Å². The lowest BCUT2D eigenvalue weighted by atomic mass is 10.1. The molecule has 20 heavy (non-hydrogen) atoms. The summed E-state index contributed by atoms with van der Waals surface area (Å²) in [6.07, 6.45) is 0. The molecule has 0 atom stereocenters. The standard InChI is InChI=1S/C16H14N2O2/c1-20-16-5-3-2-4-14(16)15(19)11-18-13-8-6-12(10-17)7-9-13/h2-9,18H,11H2,1H3. The van der Waals surface area contributed by atoms with Crippen molar-refractivity contribution >= 4 is 11.5 Å². The maximum Gasteiger partial charge on any atom is 0.185 e. The summed E-state index contributed by atoms with van der Waals surface area (Å²) in [5, 5.41) is 11.7. The quantitative estimate of drug-likeness (QED) is 0.845. The van der Waals surface area contributed by atoms with E-state index >= 15 is 0 Å². The van der Waals surface area contributed by atoms with Crippen molar-refractivity contribution in [3.05, 3.63) is 59.7 Å². The summed E-state index contributed by atoms with van der Waals surface area (Å²) in [5.41, 5.74) is 1.94. The van der Waals surface area contributed by atoms with Crippen molar-refractivity contribution < 1.29 is 9.53 Å². The minimum atomic E-state index is -0.0493. The van der Waals surface area contributed by atoms with Crippen molar-refractivity contribution in [2.24, 2.45) is 0 Å². The molecule has 0 fully saturated rings. The van der Waals surface area contributed by atoms with Crippen LogP contribution < -0.4 is 10.1 Å². The van der Waals surface area contributed by atoms with Gasteiger partial charge in [0.1, 0.15) is 5.75 Å². The Labute approximate surface area is 117 Å². The van der Waals surface area contributed by atoms with E-state index in [1.807, 2.05) is 12.1 Å². The van der Waals surface area contributed by atoms with E-state index in [9.17, 15) is 4.79 Å². The largest absolute Gasteiger partial charge is 0.496 e. The molecule has 4 heteroatoms. The van der Waals surface area contributed by atoms with Gasteiger partial charge in [-0.15, -0.1) is 0 Å². The summed E-state index contributed by atoms with van der Waals surface area (Å²) in [4.78, 5) is 12.1. The number of carbonyl (C=O) groups excluding carboxylic acids is 1. The Bertz CT molecular complexity index is 642. The molecule has 0 bridgehead atoms. The molecular weight excluding hydrogens is 252 g/mol. The number of anilines is 1. The van der Waals surface area contributed by atoms with Crippen LogP contribution in [0, 0.1) is 11.3 Å². The fourth-order valence-corrected chi connectivity index (χ4v) is 1.82. The Balaban J connectivity index is 2.03. The predicted molar refractivity (Wildman–Crippen MR) is 77.0 cm³/mol. The predicted octanol–water partition coefficient (Wildman–Crippen LogP) is 2.86. The number of nitrogens with one attached hydrogen (secondary N) is 1. The summed E-state index contributed by atoms with van der Waals surface area (Å²) in [5.74, 6) is 0.519. The number of benzene rings is 2. The van der Waals surface area contributed by atoms with Crippen molar-refractivity contribution in [1.82, 2.24) is 0 Å². The Morgan fingerprint density at radius 1 is 1.20 bits per heavy atom. The van der Waals surface area contributed by atoms with Gasteiger partial charge >= 0.3 is 0 Å². The first-order valence-electron chi connectivity index (χ1n) is 6.15. The Morgan fingerprint density at radius 3 is 2.55 bits per heavy atom. The van der Waals surface area contributed by atoms with Crippen LogP contribution >= 0.6 is 0 Å². The van der Waals surface area contributed by atoms with Crippen LogP contribution in [-0.2, 0) is 0 Å². The SMILES string of the molecule is COc1ccccc1C(=O)CNc1ccc(C#N)cc1. The second kappa shape index (κ2) is 6.39. The molecule has 0 heterocycles. The summed E-state index contributed by atoms with van der Waals surface area (Å²) in [7, 11) is 1.54. The van der Waals surface area contributed by atoms with E-state index in [0.29, 0.717) is 16.9 Å². The molecular formula is C16H14N2O2. The van der Waals surface area contributed by atoms with Crippen LogP contribution in [0.15, 0.2) is 48.5 Å². The molecule has 0 aliphatic heterocycles. The number of nitrogens with zero attached hydrogens (tertiary/aromatic N) is 1. The summed E-state index contributed by atoms with van der Waals surface area (Å²) < 4.78 is 5.16. The monoisotopic (exact) mass is 266 g/mol. The molecule has 1 N–H and O–H groups in total. The first-order chi connectivity index (χ1) is 9.74. The van der Waals surface area contributed by atoms with E-state index in [1.165, 1.54) is 0 Å². The molecule has 0 aromatic heterocycles. The number of hydrogen-bond acceptors (Lipinski definition) is 4. The average Bonchev–Trinajstić information content (AvgIpc) is 2.53. The lowest BCUT2D eigenvalue weighted by Crippen LogP contribution is -2.14. The summed E-state index contributed by atoms with van der Waals surface area (Å²) in [6, 6.07) is 16.1. The van der Waals surface area contributed by atoms with Crippen molar-refractivity contribution in [2.45, 2.75) is 0 Å². The number of methoxy groups -OCH3 is 1. The zero-order valence-corrected chi connectivity index (χ0v) is 11.1. The smallest absolute Gasteiger partial charge is 0.185 e. The first-order valence-corrected chi connectivity index (χ1v) is 6.15. The maximum absolute atomic E-state index is 12.1. The molecule has 0 spiro atoms. The van der Waals surface area contributed by atoms with Crippen LogP contribution in [0.3, 0.4) is 0 Å². The molecule has 0 radical (unpaired) electrons. The number of ether oxygens (including phenoxy) is 1. The highest BCUT2D eigenvalue weighted by molar-refractivity contribution is 6.01. The van der Waals surface area contributed by atoms with E-state index < -0.39 is 0 Å². The number of ketones is 1. The van der Waals surface area contributed by atoms with Gasteiger partial charge in [0, 0.05) is 5.69 Å². The molecule has 2 aromatic rings. The van der Waals surface area contributed by atoms with E-state index in [0.717, 1.165) is 5.69 Å². The van der Waals surface area contributed by atoms with E-state index in [2.05, 4.69) is 5.32 Å². The van der Waals surface area contributed by atoms with Crippen molar-refractivity contribution in [3.8, 4) is 11.8 Å². The number of para-hydroxylation sites is 1. The second-order valence-corrected chi connectivity index (χ2v) is 4.17. The normalized spacial score (nSPS) is 9.60. The minimum absolute atomic E-state index is 0.0493. The number of rotatable bonds is 5. The third-order valence-corrected chi connectivity index (χ3v) is 2.87. The fraction of sp³-hybridized carbons (Fsp3) is 0.125.